The van der Waals surface area contributed by atoms with Crippen LogP contribution in [0.1, 0.15) is 32.3 Å². The second-order valence-corrected chi connectivity index (χ2v) is 4.64. The van der Waals surface area contributed by atoms with Crippen molar-refractivity contribution in [3.63, 3.8) is 0 Å². The SMILES string of the molecule is CCNC(C)C(C)c1ccc(Cl)cc1Cl. The van der Waals surface area contributed by atoms with Gasteiger partial charge in [0.1, 0.15) is 0 Å². The Labute approximate surface area is 102 Å². The molecule has 15 heavy (non-hydrogen) atoms. The minimum absolute atomic E-state index is 0.384. The first-order valence-corrected chi connectivity index (χ1v) is 6.00. The van der Waals surface area contributed by atoms with Crippen LogP contribution < -0.4 is 5.32 Å². The van der Waals surface area contributed by atoms with Crippen LogP contribution in [-0.4, -0.2) is 12.6 Å². The molecule has 0 fully saturated rings. The molecule has 1 nitrogen and oxygen atoms in total. The first-order valence-electron chi connectivity index (χ1n) is 5.24. The molecule has 0 aromatic heterocycles. The second kappa shape index (κ2) is 5.74. The quantitative estimate of drug-likeness (QED) is 0.843. The summed E-state index contributed by atoms with van der Waals surface area (Å²) in [6.07, 6.45) is 0. The van der Waals surface area contributed by atoms with Crippen molar-refractivity contribution in [1.29, 1.82) is 0 Å². The molecule has 1 N–H and O–H groups in total. The van der Waals surface area contributed by atoms with E-state index < -0.39 is 0 Å². The Bertz CT molecular complexity index is 325. The lowest BCUT2D eigenvalue weighted by molar-refractivity contribution is 0.495. The third-order valence-electron chi connectivity index (χ3n) is 2.73. The maximum Gasteiger partial charge on any atom is 0.0456 e. The Kier molecular flexibility index (Phi) is 4.91. The maximum atomic E-state index is 6.16. The van der Waals surface area contributed by atoms with E-state index in [0.29, 0.717) is 17.0 Å². The van der Waals surface area contributed by atoms with Gasteiger partial charge in [-0.2, -0.15) is 0 Å². The predicted molar refractivity (Wildman–Crippen MR) is 68.0 cm³/mol. The molecule has 1 aromatic rings. The van der Waals surface area contributed by atoms with Crippen LogP contribution in [0.5, 0.6) is 0 Å². The number of hydrogen-bond donors (Lipinski definition) is 1. The van der Waals surface area contributed by atoms with Crippen LogP contribution in [0.2, 0.25) is 10.0 Å². The molecule has 0 aliphatic rings. The molecule has 0 aliphatic heterocycles. The highest BCUT2D eigenvalue weighted by Crippen LogP contribution is 2.29. The summed E-state index contributed by atoms with van der Waals surface area (Å²) in [5, 5.41) is 4.83. The molecule has 2 atom stereocenters. The number of halogens is 2. The molecule has 0 heterocycles. The molecular formula is C12H17Cl2N. The molecule has 0 saturated heterocycles. The summed E-state index contributed by atoms with van der Waals surface area (Å²) >= 11 is 12.0. The zero-order valence-electron chi connectivity index (χ0n) is 9.35. The predicted octanol–water partition coefficient (Wildman–Crippen LogP) is 4.09. The van der Waals surface area contributed by atoms with Crippen LogP contribution in [0.3, 0.4) is 0 Å². The van der Waals surface area contributed by atoms with E-state index in [9.17, 15) is 0 Å². The summed E-state index contributed by atoms with van der Waals surface area (Å²) in [6, 6.07) is 6.10. The number of benzene rings is 1. The molecule has 0 radical (unpaired) electrons. The fourth-order valence-corrected chi connectivity index (χ4v) is 2.22. The summed E-state index contributed by atoms with van der Waals surface area (Å²) in [5.41, 5.74) is 1.15. The van der Waals surface area contributed by atoms with Crippen molar-refractivity contribution in [1.82, 2.24) is 5.32 Å². The third-order valence-corrected chi connectivity index (χ3v) is 3.29. The smallest absolute Gasteiger partial charge is 0.0456 e. The van der Waals surface area contributed by atoms with E-state index in [1.807, 2.05) is 12.1 Å². The molecule has 0 spiro atoms. The number of likely N-dealkylation sites (N-methyl/N-ethyl adjacent to an activating group) is 1. The van der Waals surface area contributed by atoms with Gasteiger partial charge in [-0.3, -0.25) is 0 Å². The van der Waals surface area contributed by atoms with Crippen molar-refractivity contribution >= 4 is 23.2 Å². The lowest BCUT2D eigenvalue weighted by atomic mass is 9.94. The van der Waals surface area contributed by atoms with Gasteiger partial charge in [-0.05, 0) is 37.1 Å². The summed E-state index contributed by atoms with van der Waals surface area (Å²) in [6.45, 7) is 7.41. The van der Waals surface area contributed by atoms with Crippen LogP contribution >= 0.6 is 23.2 Å². The molecule has 0 saturated carbocycles. The van der Waals surface area contributed by atoms with Crippen molar-refractivity contribution in [3.8, 4) is 0 Å². The summed E-state index contributed by atoms with van der Waals surface area (Å²) in [5.74, 6) is 0.384. The van der Waals surface area contributed by atoms with Gasteiger partial charge in [0.2, 0.25) is 0 Å². The van der Waals surface area contributed by atoms with E-state index in [1.165, 1.54) is 0 Å². The van der Waals surface area contributed by atoms with Crippen LogP contribution in [0.4, 0.5) is 0 Å². The normalized spacial score (nSPS) is 15.0. The Morgan fingerprint density at radius 1 is 1.27 bits per heavy atom. The lowest BCUT2D eigenvalue weighted by Gasteiger charge is -2.22. The Hall–Kier alpha value is -0.240. The van der Waals surface area contributed by atoms with Gasteiger partial charge in [-0.25, -0.2) is 0 Å². The number of nitrogens with one attached hydrogen (secondary N) is 1. The molecule has 84 valence electrons. The Morgan fingerprint density at radius 3 is 2.47 bits per heavy atom. The maximum absolute atomic E-state index is 6.16. The van der Waals surface area contributed by atoms with Crippen molar-refractivity contribution in [2.75, 3.05) is 6.54 Å². The first kappa shape index (κ1) is 12.8. The molecule has 1 rings (SSSR count). The summed E-state index contributed by atoms with van der Waals surface area (Å²) < 4.78 is 0. The second-order valence-electron chi connectivity index (χ2n) is 3.80. The first-order chi connectivity index (χ1) is 7.06. The van der Waals surface area contributed by atoms with E-state index in [1.54, 1.807) is 6.07 Å². The van der Waals surface area contributed by atoms with Gasteiger partial charge in [0.25, 0.3) is 0 Å². The minimum atomic E-state index is 0.384. The average molecular weight is 246 g/mol. The van der Waals surface area contributed by atoms with E-state index in [2.05, 4.69) is 26.1 Å². The van der Waals surface area contributed by atoms with Crippen LogP contribution in [-0.2, 0) is 0 Å². The van der Waals surface area contributed by atoms with Gasteiger partial charge < -0.3 is 5.32 Å². The largest absolute Gasteiger partial charge is 0.314 e. The van der Waals surface area contributed by atoms with Gasteiger partial charge in [0.15, 0.2) is 0 Å². The lowest BCUT2D eigenvalue weighted by Crippen LogP contribution is -2.30. The van der Waals surface area contributed by atoms with Crippen molar-refractivity contribution < 1.29 is 0 Å². The van der Waals surface area contributed by atoms with Gasteiger partial charge in [0, 0.05) is 16.1 Å². The third kappa shape index (κ3) is 3.37. The van der Waals surface area contributed by atoms with E-state index in [-0.39, 0.29) is 0 Å². The van der Waals surface area contributed by atoms with Crippen molar-refractivity contribution in [2.45, 2.75) is 32.7 Å². The Morgan fingerprint density at radius 2 is 1.93 bits per heavy atom. The molecule has 2 unspecified atom stereocenters. The van der Waals surface area contributed by atoms with Crippen LogP contribution in [0, 0.1) is 0 Å². The molecular weight excluding hydrogens is 229 g/mol. The molecule has 0 amide bonds. The zero-order valence-corrected chi connectivity index (χ0v) is 10.9. The van der Waals surface area contributed by atoms with E-state index in [4.69, 9.17) is 23.2 Å². The highest BCUT2D eigenvalue weighted by Gasteiger charge is 2.15. The molecule has 1 aromatic carbocycles. The zero-order chi connectivity index (χ0) is 11.4. The average Bonchev–Trinajstić information content (AvgIpc) is 2.17. The number of rotatable bonds is 4. The highest BCUT2D eigenvalue weighted by molar-refractivity contribution is 6.35. The summed E-state index contributed by atoms with van der Waals surface area (Å²) in [7, 11) is 0. The Balaban J connectivity index is 2.86. The van der Waals surface area contributed by atoms with E-state index >= 15 is 0 Å². The van der Waals surface area contributed by atoms with Gasteiger partial charge >= 0.3 is 0 Å². The van der Waals surface area contributed by atoms with Crippen LogP contribution in [0.15, 0.2) is 18.2 Å². The topological polar surface area (TPSA) is 12.0 Å². The fourth-order valence-electron chi connectivity index (χ4n) is 1.64. The molecule has 3 heteroatoms. The van der Waals surface area contributed by atoms with Crippen LogP contribution in [0.25, 0.3) is 0 Å². The molecule has 0 bridgehead atoms. The fraction of sp³-hybridized carbons (Fsp3) is 0.500. The van der Waals surface area contributed by atoms with Crippen molar-refractivity contribution in [2.24, 2.45) is 0 Å². The van der Waals surface area contributed by atoms with E-state index in [0.717, 1.165) is 17.1 Å². The minimum Gasteiger partial charge on any atom is -0.314 e. The number of hydrogen-bond acceptors (Lipinski definition) is 1. The van der Waals surface area contributed by atoms with Gasteiger partial charge in [-0.15, -0.1) is 0 Å². The monoisotopic (exact) mass is 245 g/mol. The van der Waals surface area contributed by atoms with Gasteiger partial charge in [-0.1, -0.05) is 43.1 Å². The molecule has 0 aliphatic carbocycles. The summed E-state index contributed by atoms with van der Waals surface area (Å²) in [4.78, 5) is 0. The highest BCUT2D eigenvalue weighted by atomic mass is 35.5. The standard InChI is InChI=1S/C12H17Cl2N/c1-4-15-9(3)8(2)11-6-5-10(13)7-12(11)14/h5-9,15H,4H2,1-3H3. The van der Waals surface area contributed by atoms with Crippen molar-refractivity contribution in [3.05, 3.63) is 33.8 Å². The van der Waals surface area contributed by atoms with Gasteiger partial charge in [0.05, 0.1) is 0 Å².